The normalized spacial score (nSPS) is 10.2. The van der Waals surface area contributed by atoms with E-state index >= 15 is 0 Å². The van der Waals surface area contributed by atoms with Gasteiger partial charge in [0.25, 0.3) is 0 Å². The van der Waals surface area contributed by atoms with Crippen molar-refractivity contribution in [2.45, 2.75) is 6.42 Å². The summed E-state index contributed by atoms with van der Waals surface area (Å²) in [6.45, 7) is 0. The highest BCUT2D eigenvalue weighted by Crippen LogP contribution is 2.10. The molecular weight excluding hydrogens is 214 g/mol. The third kappa shape index (κ3) is 2.41. The van der Waals surface area contributed by atoms with E-state index in [1.54, 1.807) is 12.1 Å². The van der Waals surface area contributed by atoms with Gasteiger partial charge in [0, 0.05) is 11.4 Å². The molecule has 1 aromatic carbocycles. The molecule has 1 aromatic heterocycles. The van der Waals surface area contributed by atoms with Crippen LogP contribution >= 0.6 is 11.6 Å². The van der Waals surface area contributed by atoms with E-state index in [-0.39, 0.29) is 11.6 Å². The van der Waals surface area contributed by atoms with E-state index in [2.05, 4.69) is 15.2 Å². The fraction of sp³-hybridized carbons (Fsp3) is 0.100. The van der Waals surface area contributed by atoms with E-state index in [9.17, 15) is 4.79 Å². The molecule has 0 saturated heterocycles. The van der Waals surface area contributed by atoms with Crippen molar-refractivity contribution in [1.82, 2.24) is 15.2 Å². The average molecular weight is 222 g/mol. The van der Waals surface area contributed by atoms with Gasteiger partial charge in [-0.15, -0.1) is 0 Å². The maximum absolute atomic E-state index is 11.6. The van der Waals surface area contributed by atoms with Gasteiger partial charge < -0.3 is 0 Å². The molecule has 5 heteroatoms. The summed E-state index contributed by atoms with van der Waals surface area (Å²) in [6, 6.07) is 7.14. The van der Waals surface area contributed by atoms with Crippen LogP contribution in [0.4, 0.5) is 0 Å². The Kier molecular flexibility index (Phi) is 2.78. The zero-order valence-electron chi connectivity index (χ0n) is 7.77. The molecule has 4 nitrogen and oxygen atoms in total. The number of H-pyrrole nitrogens is 1. The molecule has 2 rings (SSSR count). The molecule has 15 heavy (non-hydrogen) atoms. The lowest BCUT2D eigenvalue weighted by Crippen LogP contribution is -2.05. The van der Waals surface area contributed by atoms with Crippen LogP contribution in [0.25, 0.3) is 0 Å². The van der Waals surface area contributed by atoms with Crippen LogP contribution in [0.3, 0.4) is 0 Å². The SMILES string of the molecule is O=C(Cc1ccc(Cl)cc1)c1ncn[nH]1. The highest BCUT2D eigenvalue weighted by atomic mass is 35.5. The number of rotatable bonds is 3. The number of carbonyl (C=O) groups is 1. The van der Waals surface area contributed by atoms with Crippen LogP contribution in [-0.2, 0) is 6.42 Å². The van der Waals surface area contributed by atoms with Crippen LogP contribution in [-0.4, -0.2) is 21.0 Å². The van der Waals surface area contributed by atoms with Gasteiger partial charge in [-0.3, -0.25) is 9.89 Å². The second-order valence-corrected chi connectivity index (χ2v) is 3.50. The highest BCUT2D eigenvalue weighted by Gasteiger charge is 2.09. The third-order valence-electron chi connectivity index (χ3n) is 1.96. The van der Waals surface area contributed by atoms with Crippen molar-refractivity contribution in [2.75, 3.05) is 0 Å². The van der Waals surface area contributed by atoms with Crippen molar-refractivity contribution < 1.29 is 4.79 Å². The molecule has 1 heterocycles. The molecule has 0 amide bonds. The topological polar surface area (TPSA) is 58.6 Å². The minimum absolute atomic E-state index is 0.0881. The number of nitrogens with zero attached hydrogens (tertiary/aromatic N) is 2. The van der Waals surface area contributed by atoms with Gasteiger partial charge >= 0.3 is 0 Å². The first kappa shape index (κ1) is 9.86. The Hall–Kier alpha value is -1.68. The highest BCUT2D eigenvalue weighted by molar-refractivity contribution is 6.30. The van der Waals surface area contributed by atoms with Crippen LogP contribution in [0.1, 0.15) is 16.2 Å². The molecule has 0 bridgehead atoms. The summed E-state index contributed by atoms with van der Waals surface area (Å²) in [5.74, 6) is 0.194. The molecule has 0 fully saturated rings. The summed E-state index contributed by atoms with van der Waals surface area (Å²) in [5.41, 5.74) is 0.904. The Labute approximate surface area is 91.3 Å². The Bertz CT molecular complexity index is 450. The molecule has 0 spiro atoms. The first-order chi connectivity index (χ1) is 7.25. The number of carbonyl (C=O) groups excluding carboxylic acids is 1. The van der Waals surface area contributed by atoms with Crippen LogP contribution < -0.4 is 0 Å². The van der Waals surface area contributed by atoms with Crippen molar-refractivity contribution in [3.8, 4) is 0 Å². The fourth-order valence-electron chi connectivity index (χ4n) is 1.21. The van der Waals surface area contributed by atoms with Crippen molar-refractivity contribution in [1.29, 1.82) is 0 Å². The lowest BCUT2D eigenvalue weighted by atomic mass is 10.1. The van der Waals surface area contributed by atoms with E-state index in [1.165, 1.54) is 6.33 Å². The number of aromatic nitrogens is 3. The molecule has 0 radical (unpaired) electrons. The number of benzene rings is 1. The van der Waals surface area contributed by atoms with E-state index in [4.69, 9.17) is 11.6 Å². The fourth-order valence-corrected chi connectivity index (χ4v) is 1.34. The van der Waals surface area contributed by atoms with Gasteiger partial charge in [0.2, 0.25) is 5.78 Å². The molecule has 0 aliphatic carbocycles. The Morgan fingerprint density at radius 3 is 2.67 bits per heavy atom. The van der Waals surface area contributed by atoms with Crippen LogP contribution in [0.15, 0.2) is 30.6 Å². The molecule has 0 saturated carbocycles. The number of hydrogen-bond acceptors (Lipinski definition) is 3. The van der Waals surface area contributed by atoms with E-state index in [0.717, 1.165) is 5.56 Å². The first-order valence-electron chi connectivity index (χ1n) is 4.39. The van der Waals surface area contributed by atoms with E-state index in [1.807, 2.05) is 12.1 Å². The van der Waals surface area contributed by atoms with E-state index in [0.29, 0.717) is 11.4 Å². The van der Waals surface area contributed by atoms with Crippen molar-refractivity contribution in [3.63, 3.8) is 0 Å². The lowest BCUT2D eigenvalue weighted by molar-refractivity contribution is 0.0983. The van der Waals surface area contributed by atoms with Crippen LogP contribution in [0, 0.1) is 0 Å². The molecule has 2 aromatic rings. The predicted octanol–water partition coefficient (Wildman–Crippen LogP) is 1.88. The van der Waals surface area contributed by atoms with Gasteiger partial charge in [0.05, 0.1) is 0 Å². The third-order valence-corrected chi connectivity index (χ3v) is 2.21. The zero-order chi connectivity index (χ0) is 10.7. The van der Waals surface area contributed by atoms with Gasteiger partial charge in [0.15, 0.2) is 5.82 Å². The van der Waals surface area contributed by atoms with Crippen molar-refractivity contribution in [2.24, 2.45) is 0 Å². The average Bonchev–Trinajstić information content (AvgIpc) is 2.74. The number of aromatic amines is 1. The number of nitrogens with one attached hydrogen (secondary N) is 1. The quantitative estimate of drug-likeness (QED) is 0.806. The molecule has 1 N–H and O–H groups in total. The number of halogens is 1. The van der Waals surface area contributed by atoms with Gasteiger partial charge in [-0.25, -0.2) is 4.98 Å². The predicted molar refractivity (Wildman–Crippen MR) is 55.9 cm³/mol. The molecule has 0 aliphatic rings. The molecule has 0 unspecified atom stereocenters. The van der Waals surface area contributed by atoms with Gasteiger partial charge in [-0.05, 0) is 17.7 Å². The summed E-state index contributed by atoms with van der Waals surface area (Å²) < 4.78 is 0. The Morgan fingerprint density at radius 2 is 2.07 bits per heavy atom. The largest absolute Gasteiger partial charge is 0.290 e. The number of ketones is 1. The minimum atomic E-state index is -0.0881. The molecule has 0 atom stereocenters. The minimum Gasteiger partial charge on any atom is -0.290 e. The Morgan fingerprint density at radius 1 is 1.33 bits per heavy atom. The molecule has 0 aliphatic heterocycles. The summed E-state index contributed by atoms with van der Waals surface area (Å²) in [7, 11) is 0. The summed E-state index contributed by atoms with van der Waals surface area (Å²) in [5, 5.41) is 6.81. The van der Waals surface area contributed by atoms with Gasteiger partial charge in [-0.1, -0.05) is 23.7 Å². The lowest BCUT2D eigenvalue weighted by Gasteiger charge is -1.98. The number of Topliss-reactive ketones (excluding diaryl/α,β-unsaturated/α-hetero) is 1. The molecule has 76 valence electrons. The van der Waals surface area contributed by atoms with Crippen molar-refractivity contribution >= 4 is 17.4 Å². The molecular formula is C10H8ClN3O. The van der Waals surface area contributed by atoms with Gasteiger partial charge in [0.1, 0.15) is 6.33 Å². The zero-order valence-corrected chi connectivity index (χ0v) is 8.53. The van der Waals surface area contributed by atoms with Gasteiger partial charge in [-0.2, -0.15) is 5.10 Å². The van der Waals surface area contributed by atoms with Crippen molar-refractivity contribution in [3.05, 3.63) is 47.0 Å². The summed E-state index contributed by atoms with van der Waals surface area (Å²) in [6.07, 6.45) is 1.61. The second-order valence-electron chi connectivity index (χ2n) is 3.06. The van der Waals surface area contributed by atoms with Crippen LogP contribution in [0.5, 0.6) is 0 Å². The smallest absolute Gasteiger partial charge is 0.203 e. The Balaban J connectivity index is 2.09. The van der Waals surface area contributed by atoms with E-state index < -0.39 is 0 Å². The summed E-state index contributed by atoms with van der Waals surface area (Å²) >= 11 is 5.73. The maximum Gasteiger partial charge on any atom is 0.203 e. The first-order valence-corrected chi connectivity index (χ1v) is 4.76. The maximum atomic E-state index is 11.6. The monoisotopic (exact) mass is 221 g/mol. The summed E-state index contributed by atoms with van der Waals surface area (Å²) in [4.78, 5) is 15.4. The number of hydrogen-bond donors (Lipinski definition) is 1. The standard InChI is InChI=1S/C10H8ClN3O/c11-8-3-1-7(2-4-8)5-9(15)10-12-6-13-14-10/h1-4,6H,5H2,(H,12,13,14). The second kappa shape index (κ2) is 4.23. The van der Waals surface area contributed by atoms with Crippen LogP contribution in [0.2, 0.25) is 5.02 Å².